The number of nitrogens with one attached hydrogen (secondary N) is 1. The van der Waals surface area contributed by atoms with Crippen molar-refractivity contribution in [3.05, 3.63) is 24.3 Å². The minimum Gasteiger partial charge on any atom is -0.394 e. The van der Waals surface area contributed by atoms with E-state index in [1.54, 1.807) is 0 Å². The number of amides is 1. The van der Waals surface area contributed by atoms with Crippen LogP contribution in [0, 0.1) is 0 Å². The lowest BCUT2D eigenvalue weighted by Crippen LogP contribution is -2.66. The molecule has 0 bridgehead atoms. The lowest BCUT2D eigenvalue weighted by Gasteiger charge is -2.48. The molecule has 3 heterocycles. The normalized spacial score (nSPS) is 26.7. The molecular formula is C80H151NO18. The zero-order valence-electron chi connectivity index (χ0n) is 62.5. The van der Waals surface area contributed by atoms with Gasteiger partial charge in [0.15, 0.2) is 18.9 Å². The number of carbonyl (C=O) groups is 1. The topological polar surface area (TPSA) is 307 Å². The summed E-state index contributed by atoms with van der Waals surface area (Å²) in [5.74, 6) is -0.242. The van der Waals surface area contributed by atoms with Gasteiger partial charge in [-0.2, -0.15) is 0 Å². The summed E-state index contributed by atoms with van der Waals surface area (Å²) in [7, 11) is 0. The Balaban J connectivity index is 1.35. The van der Waals surface area contributed by atoms with Gasteiger partial charge in [-0.15, -0.1) is 0 Å². The Morgan fingerprint density at radius 1 is 0.364 bits per heavy atom. The van der Waals surface area contributed by atoms with Gasteiger partial charge in [-0.25, -0.2) is 0 Å². The van der Waals surface area contributed by atoms with Crippen LogP contribution in [-0.2, 0) is 33.2 Å². The quantitative estimate of drug-likeness (QED) is 0.0199. The molecule has 12 N–H and O–H groups in total. The number of allylic oxidation sites excluding steroid dienone is 4. The zero-order chi connectivity index (χ0) is 71.8. The SMILES string of the molecule is CCCCCCC/C=C\C/C=C\CCCCCCCCCCCC(=O)NC(COC1OC(CO)C(OC2OC(CO)C(OC3OC(CO)C(O)C(O)C3O)C(O)C2O)C(O)C1O)C(O)CCCCCCCCCCCCCCCCCCCCCCCCCCCCCCCCCCC. The minimum atomic E-state index is -1.97. The Hall–Kier alpha value is -1.73. The van der Waals surface area contributed by atoms with Crippen molar-refractivity contribution in [2.75, 3.05) is 26.4 Å². The molecule has 3 rings (SSSR count). The van der Waals surface area contributed by atoms with E-state index in [2.05, 4.69) is 43.5 Å². The van der Waals surface area contributed by atoms with Crippen LogP contribution < -0.4 is 5.32 Å². The Morgan fingerprint density at radius 3 is 1.03 bits per heavy atom. The highest BCUT2D eigenvalue weighted by molar-refractivity contribution is 5.76. The second-order valence-electron chi connectivity index (χ2n) is 29.6. The molecule has 3 fully saturated rings. The fraction of sp³-hybridized carbons (Fsp3) is 0.938. The summed E-state index contributed by atoms with van der Waals surface area (Å²) >= 11 is 0. The van der Waals surface area contributed by atoms with Gasteiger partial charge in [0, 0.05) is 6.42 Å². The molecule has 0 saturated carbocycles. The molecule has 19 heteroatoms. The van der Waals surface area contributed by atoms with Crippen LogP contribution in [0.15, 0.2) is 24.3 Å². The second kappa shape index (κ2) is 61.4. The van der Waals surface area contributed by atoms with E-state index >= 15 is 0 Å². The summed E-state index contributed by atoms with van der Waals surface area (Å²) in [4.78, 5) is 13.5. The van der Waals surface area contributed by atoms with E-state index in [-0.39, 0.29) is 18.9 Å². The lowest BCUT2D eigenvalue weighted by molar-refractivity contribution is -0.379. The van der Waals surface area contributed by atoms with Crippen molar-refractivity contribution < 1.29 is 89.4 Å². The van der Waals surface area contributed by atoms with Gasteiger partial charge in [-0.05, 0) is 44.9 Å². The van der Waals surface area contributed by atoms with E-state index in [9.17, 15) is 61.0 Å². The highest BCUT2D eigenvalue weighted by Gasteiger charge is 2.54. The van der Waals surface area contributed by atoms with Crippen LogP contribution in [0.25, 0.3) is 0 Å². The molecule has 0 aromatic rings. The first-order valence-electron chi connectivity index (χ1n) is 41.1. The molecule has 0 spiro atoms. The second-order valence-corrected chi connectivity index (χ2v) is 29.6. The van der Waals surface area contributed by atoms with Gasteiger partial charge in [0.05, 0.1) is 38.6 Å². The number of aliphatic hydroxyl groups is 11. The van der Waals surface area contributed by atoms with Gasteiger partial charge in [-0.1, -0.05) is 321 Å². The molecule has 1 amide bonds. The van der Waals surface area contributed by atoms with E-state index in [0.717, 1.165) is 57.8 Å². The molecule has 3 aliphatic rings. The molecule has 17 atom stereocenters. The van der Waals surface area contributed by atoms with E-state index in [1.165, 1.54) is 257 Å². The molecule has 0 aliphatic carbocycles. The van der Waals surface area contributed by atoms with Crippen LogP contribution >= 0.6 is 0 Å². The van der Waals surface area contributed by atoms with Crippen molar-refractivity contribution in [2.45, 2.75) is 452 Å². The van der Waals surface area contributed by atoms with E-state index in [0.29, 0.717) is 12.8 Å². The number of unbranched alkanes of at least 4 members (excludes halogenated alkanes) is 46. The average molecular weight is 1420 g/mol. The molecule has 19 nitrogen and oxygen atoms in total. The molecule has 0 aromatic carbocycles. The third-order valence-electron chi connectivity index (χ3n) is 20.8. The van der Waals surface area contributed by atoms with E-state index in [4.69, 9.17) is 28.4 Å². The van der Waals surface area contributed by atoms with Crippen LogP contribution in [0.4, 0.5) is 0 Å². The summed E-state index contributed by atoms with van der Waals surface area (Å²) in [6, 6.07) is -0.890. The molecule has 3 saturated heterocycles. The smallest absolute Gasteiger partial charge is 0.220 e. The number of hydrogen-bond donors (Lipinski definition) is 12. The van der Waals surface area contributed by atoms with Crippen molar-refractivity contribution in [2.24, 2.45) is 0 Å². The van der Waals surface area contributed by atoms with E-state index in [1.807, 2.05) is 0 Å². The number of carbonyl (C=O) groups excluding carboxylic acids is 1. The molecule has 0 radical (unpaired) electrons. The fourth-order valence-corrected chi connectivity index (χ4v) is 14.2. The number of ether oxygens (including phenoxy) is 6. The molecule has 0 aromatic heterocycles. The maximum absolute atomic E-state index is 13.5. The Kier molecular flexibility index (Phi) is 56.8. The van der Waals surface area contributed by atoms with Crippen LogP contribution in [0.2, 0.25) is 0 Å². The van der Waals surface area contributed by atoms with Crippen LogP contribution in [0.3, 0.4) is 0 Å². The average Bonchev–Trinajstić information content (AvgIpc) is 0.784. The summed E-state index contributed by atoms with van der Waals surface area (Å²) in [5.41, 5.74) is 0. The van der Waals surface area contributed by atoms with Crippen LogP contribution in [0.1, 0.15) is 348 Å². The number of rotatable bonds is 66. The van der Waals surface area contributed by atoms with Gasteiger partial charge in [-0.3, -0.25) is 4.79 Å². The monoisotopic (exact) mass is 1410 g/mol. The molecular weight excluding hydrogens is 1260 g/mol. The van der Waals surface area contributed by atoms with Gasteiger partial charge >= 0.3 is 0 Å². The summed E-state index contributed by atoms with van der Waals surface area (Å²) in [6.45, 7) is 1.84. The van der Waals surface area contributed by atoms with Crippen molar-refractivity contribution in [3.8, 4) is 0 Å². The van der Waals surface area contributed by atoms with Crippen molar-refractivity contribution in [1.29, 1.82) is 0 Å². The fourth-order valence-electron chi connectivity index (χ4n) is 14.2. The largest absolute Gasteiger partial charge is 0.394 e. The lowest BCUT2D eigenvalue weighted by atomic mass is 9.96. The summed E-state index contributed by atoms with van der Waals surface area (Å²) in [6.07, 6.45) is 47.0. The van der Waals surface area contributed by atoms with Gasteiger partial charge < -0.3 is 89.9 Å². The van der Waals surface area contributed by atoms with Crippen LogP contribution in [0.5, 0.6) is 0 Å². The minimum absolute atomic E-state index is 0.242. The third kappa shape index (κ3) is 41.7. The Labute approximate surface area is 600 Å². The first-order valence-corrected chi connectivity index (χ1v) is 41.1. The van der Waals surface area contributed by atoms with Gasteiger partial charge in [0.2, 0.25) is 5.91 Å². The summed E-state index contributed by atoms with van der Waals surface area (Å²) in [5, 5.41) is 121. The number of aliphatic hydroxyl groups excluding tert-OH is 11. The van der Waals surface area contributed by atoms with Crippen molar-refractivity contribution in [1.82, 2.24) is 5.32 Å². The highest BCUT2D eigenvalue weighted by atomic mass is 16.8. The molecule has 99 heavy (non-hydrogen) atoms. The first kappa shape index (κ1) is 91.5. The van der Waals surface area contributed by atoms with Gasteiger partial charge in [0.25, 0.3) is 0 Å². The summed E-state index contributed by atoms with van der Waals surface area (Å²) < 4.78 is 34.5. The van der Waals surface area contributed by atoms with Gasteiger partial charge in [0.1, 0.15) is 73.2 Å². The molecule has 17 unspecified atom stereocenters. The zero-order valence-corrected chi connectivity index (χ0v) is 62.5. The number of hydrogen-bond acceptors (Lipinski definition) is 18. The first-order chi connectivity index (χ1) is 48.3. The van der Waals surface area contributed by atoms with E-state index < -0.39 is 124 Å². The highest BCUT2D eigenvalue weighted by Crippen LogP contribution is 2.33. The van der Waals surface area contributed by atoms with Crippen molar-refractivity contribution in [3.63, 3.8) is 0 Å². The maximum Gasteiger partial charge on any atom is 0.220 e. The predicted molar refractivity (Wildman–Crippen MR) is 393 cm³/mol. The van der Waals surface area contributed by atoms with Crippen molar-refractivity contribution >= 4 is 5.91 Å². The maximum atomic E-state index is 13.5. The standard InChI is InChI=1S/C80H151NO18/c1-3-5-7-9-11-13-15-17-19-21-23-25-26-27-28-29-30-31-32-33-34-35-36-38-39-41-43-45-47-49-51-53-55-57-64(85)63(81-68(86)58-56-54-52-50-48-46-44-42-40-37-24-22-20-18-16-14-12-10-8-6-4-2)62-94-78-74(92)71(89)76(66(60-83)96-78)99-80-75(93)72(90)77(67(61-84)97-80)98-79-73(91)70(88)69(87)65(59-82)95-79/h16,18,22,24,63-67,69-80,82-85,87-93H,3-15,17,19-21,23,25-62H2,1-2H3,(H,81,86)/b18-16-,24-22-. The predicted octanol–water partition coefficient (Wildman–Crippen LogP) is 13.7. The Bertz CT molecular complexity index is 1880. The molecule has 3 aliphatic heterocycles. The van der Waals surface area contributed by atoms with Crippen LogP contribution in [-0.4, -0.2) is 193 Å². The Morgan fingerprint density at radius 2 is 0.667 bits per heavy atom. The molecule has 584 valence electrons. The third-order valence-corrected chi connectivity index (χ3v) is 20.8.